The van der Waals surface area contributed by atoms with Gasteiger partial charge in [-0.1, -0.05) is 23.4 Å². The van der Waals surface area contributed by atoms with Crippen LogP contribution in [-0.2, 0) is 0 Å². The Morgan fingerprint density at radius 1 is 1.22 bits per heavy atom. The first-order valence-corrected chi connectivity index (χ1v) is 6.70. The number of aromatic nitrogens is 3. The van der Waals surface area contributed by atoms with Gasteiger partial charge >= 0.3 is 5.97 Å². The summed E-state index contributed by atoms with van der Waals surface area (Å²) in [6, 6.07) is 12.6. The molecule has 0 spiro atoms. The molecule has 0 fully saturated rings. The summed E-state index contributed by atoms with van der Waals surface area (Å²) in [6.07, 6.45) is 0. The fourth-order valence-electron chi connectivity index (χ4n) is 2.30. The first-order chi connectivity index (χ1) is 11.1. The molecule has 0 radical (unpaired) electrons. The quantitative estimate of drug-likeness (QED) is 0.801. The molecule has 1 N–H and O–H groups in total. The summed E-state index contributed by atoms with van der Waals surface area (Å²) in [5, 5.41) is 16.9. The maximum absolute atomic E-state index is 13.5. The zero-order valence-corrected chi connectivity index (χ0v) is 12.1. The van der Waals surface area contributed by atoms with Crippen LogP contribution >= 0.6 is 0 Å². The highest BCUT2D eigenvalue weighted by molar-refractivity contribution is 5.94. The normalized spacial score (nSPS) is 10.5. The number of benzene rings is 2. The number of hydrogen-bond acceptors (Lipinski definition) is 4. The van der Waals surface area contributed by atoms with Gasteiger partial charge in [0.2, 0.25) is 0 Å². The number of para-hydroxylation sites is 1. The number of carboxylic acid groups (broad SMARTS) is 1. The van der Waals surface area contributed by atoms with E-state index >= 15 is 0 Å². The molecule has 0 amide bonds. The summed E-state index contributed by atoms with van der Waals surface area (Å²) in [7, 11) is 1.48. The van der Waals surface area contributed by atoms with E-state index in [1.165, 1.54) is 30.0 Å². The second kappa shape index (κ2) is 5.88. The van der Waals surface area contributed by atoms with Crippen molar-refractivity contribution in [3.8, 4) is 22.7 Å². The van der Waals surface area contributed by atoms with E-state index in [-0.39, 0.29) is 11.4 Å². The van der Waals surface area contributed by atoms with E-state index in [1.54, 1.807) is 30.3 Å². The lowest BCUT2D eigenvalue weighted by molar-refractivity contribution is 0.0691. The molecule has 6 nitrogen and oxygen atoms in total. The van der Waals surface area contributed by atoms with E-state index in [4.69, 9.17) is 4.74 Å². The largest absolute Gasteiger partial charge is 0.496 e. The Kier molecular flexibility index (Phi) is 3.76. The van der Waals surface area contributed by atoms with E-state index in [0.717, 1.165) is 0 Å². The lowest BCUT2D eigenvalue weighted by atomic mass is 10.1. The van der Waals surface area contributed by atoms with Gasteiger partial charge in [-0.15, -0.1) is 5.10 Å². The van der Waals surface area contributed by atoms with Gasteiger partial charge in [-0.25, -0.2) is 13.9 Å². The number of aromatic carboxylic acids is 1. The molecule has 0 aliphatic rings. The summed E-state index contributed by atoms with van der Waals surface area (Å²) in [6.45, 7) is 0. The van der Waals surface area contributed by atoms with Crippen LogP contribution in [0.5, 0.6) is 5.75 Å². The Balaban J connectivity index is 2.29. The molecular formula is C16H12FN3O3. The van der Waals surface area contributed by atoms with E-state index < -0.39 is 11.8 Å². The van der Waals surface area contributed by atoms with Gasteiger partial charge in [0.05, 0.1) is 12.8 Å². The molecule has 0 atom stereocenters. The lowest BCUT2D eigenvalue weighted by Gasteiger charge is -2.11. The predicted octanol–water partition coefficient (Wildman–Crippen LogP) is 2.78. The van der Waals surface area contributed by atoms with Crippen LogP contribution in [0, 0.1) is 5.82 Å². The summed E-state index contributed by atoms with van der Waals surface area (Å²) in [5.74, 6) is -1.22. The zero-order chi connectivity index (χ0) is 16.4. The third-order valence-corrected chi connectivity index (χ3v) is 3.29. The Morgan fingerprint density at radius 3 is 2.70 bits per heavy atom. The van der Waals surface area contributed by atoms with Crippen LogP contribution in [-0.4, -0.2) is 33.2 Å². The van der Waals surface area contributed by atoms with Crippen LogP contribution in [0.15, 0.2) is 48.5 Å². The molecule has 1 aromatic heterocycles. The van der Waals surface area contributed by atoms with Gasteiger partial charge in [-0.05, 0) is 30.3 Å². The van der Waals surface area contributed by atoms with E-state index in [9.17, 15) is 14.3 Å². The molecular weight excluding hydrogens is 301 g/mol. The molecule has 0 aliphatic carbocycles. The molecule has 116 valence electrons. The van der Waals surface area contributed by atoms with Crippen molar-refractivity contribution in [3.63, 3.8) is 0 Å². The second-order valence-electron chi connectivity index (χ2n) is 4.68. The molecule has 0 bridgehead atoms. The van der Waals surface area contributed by atoms with E-state index in [0.29, 0.717) is 17.0 Å². The second-order valence-corrected chi connectivity index (χ2v) is 4.68. The number of hydrogen-bond donors (Lipinski definition) is 1. The highest BCUT2D eigenvalue weighted by Gasteiger charge is 2.24. The minimum Gasteiger partial charge on any atom is -0.496 e. The fourth-order valence-corrected chi connectivity index (χ4v) is 2.30. The Morgan fingerprint density at radius 2 is 2.00 bits per heavy atom. The molecule has 3 aromatic rings. The monoisotopic (exact) mass is 313 g/mol. The topological polar surface area (TPSA) is 77.2 Å². The van der Waals surface area contributed by atoms with Crippen LogP contribution in [0.25, 0.3) is 16.9 Å². The number of methoxy groups -OCH3 is 1. The van der Waals surface area contributed by atoms with Gasteiger partial charge < -0.3 is 9.84 Å². The first-order valence-electron chi connectivity index (χ1n) is 6.70. The van der Waals surface area contributed by atoms with Crippen LogP contribution in [0.2, 0.25) is 0 Å². The molecule has 0 unspecified atom stereocenters. The van der Waals surface area contributed by atoms with Crippen LogP contribution in [0.3, 0.4) is 0 Å². The van der Waals surface area contributed by atoms with Gasteiger partial charge in [0, 0.05) is 5.56 Å². The molecule has 0 aliphatic heterocycles. The average Bonchev–Trinajstić information content (AvgIpc) is 2.99. The zero-order valence-electron chi connectivity index (χ0n) is 12.1. The molecule has 0 saturated carbocycles. The highest BCUT2D eigenvalue weighted by Crippen LogP contribution is 2.32. The molecule has 23 heavy (non-hydrogen) atoms. The summed E-state index contributed by atoms with van der Waals surface area (Å²) in [5.41, 5.74) is 0.854. The maximum atomic E-state index is 13.5. The molecule has 3 rings (SSSR count). The van der Waals surface area contributed by atoms with Crippen LogP contribution in [0.1, 0.15) is 10.5 Å². The van der Waals surface area contributed by atoms with Crippen molar-refractivity contribution < 1.29 is 19.0 Å². The summed E-state index contributed by atoms with van der Waals surface area (Å²) in [4.78, 5) is 11.5. The third kappa shape index (κ3) is 2.64. The number of halogens is 1. The van der Waals surface area contributed by atoms with Gasteiger partial charge in [-0.2, -0.15) is 0 Å². The SMILES string of the molecule is COc1ccccc1-c1c(C(=O)O)nnn1-c1cccc(F)c1. The Bertz CT molecular complexity index is 877. The smallest absolute Gasteiger partial charge is 0.358 e. The fraction of sp³-hybridized carbons (Fsp3) is 0.0625. The van der Waals surface area contributed by atoms with Crippen molar-refractivity contribution in [1.29, 1.82) is 0 Å². The van der Waals surface area contributed by atoms with Gasteiger partial charge in [0.25, 0.3) is 0 Å². The standard InChI is InChI=1S/C16H12FN3O3/c1-23-13-8-3-2-7-12(13)15-14(16(21)22)18-19-20(15)11-6-4-5-10(17)9-11/h2-9H,1H3,(H,21,22). The van der Waals surface area contributed by atoms with Crippen molar-refractivity contribution in [3.05, 3.63) is 60.0 Å². The van der Waals surface area contributed by atoms with Crippen LogP contribution < -0.4 is 4.74 Å². The Hall–Kier alpha value is -3.22. The summed E-state index contributed by atoms with van der Waals surface area (Å²) >= 11 is 0. The molecule has 7 heteroatoms. The van der Waals surface area contributed by atoms with Gasteiger partial charge in [0.1, 0.15) is 17.3 Å². The molecule has 2 aromatic carbocycles. The van der Waals surface area contributed by atoms with Crippen molar-refractivity contribution in [2.24, 2.45) is 0 Å². The molecule has 1 heterocycles. The minimum absolute atomic E-state index is 0.223. The minimum atomic E-state index is -1.23. The average molecular weight is 313 g/mol. The summed E-state index contributed by atoms with van der Waals surface area (Å²) < 4.78 is 20.1. The van der Waals surface area contributed by atoms with E-state index in [2.05, 4.69) is 10.3 Å². The van der Waals surface area contributed by atoms with Gasteiger partial charge in [0.15, 0.2) is 5.69 Å². The van der Waals surface area contributed by atoms with Crippen molar-refractivity contribution in [2.75, 3.05) is 7.11 Å². The number of ether oxygens (including phenoxy) is 1. The Labute approximate surface area is 130 Å². The number of nitrogens with zero attached hydrogens (tertiary/aromatic N) is 3. The number of carbonyl (C=O) groups is 1. The first kappa shape index (κ1) is 14.7. The maximum Gasteiger partial charge on any atom is 0.358 e. The number of rotatable bonds is 4. The van der Waals surface area contributed by atoms with Crippen LogP contribution in [0.4, 0.5) is 4.39 Å². The van der Waals surface area contributed by atoms with Crippen molar-refractivity contribution >= 4 is 5.97 Å². The lowest BCUT2D eigenvalue weighted by Crippen LogP contribution is -2.04. The van der Waals surface area contributed by atoms with Crippen molar-refractivity contribution in [2.45, 2.75) is 0 Å². The highest BCUT2D eigenvalue weighted by atomic mass is 19.1. The predicted molar refractivity (Wildman–Crippen MR) is 80.3 cm³/mol. The van der Waals surface area contributed by atoms with Gasteiger partial charge in [-0.3, -0.25) is 0 Å². The number of carboxylic acids is 1. The third-order valence-electron chi connectivity index (χ3n) is 3.29. The van der Waals surface area contributed by atoms with Crippen molar-refractivity contribution in [1.82, 2.24) is 15.0 Å². The molecule has 0 saturated heterocycles. The van der Waals surface area contributed by atoms with E-state index in [1.807, 2.05) is 0 Å².